The summed E-state index contributed by atoms with van der Waals surface area (Å²) in [6, 6.07) is 0. The molecule has 0 bridgehead atoms. The fourth-order valence-corrected chi connectivity index (χ4v) is 3.37. The van der Waals surface area contributed by atoms with Crippen LogP contribution in [-0.4, -0.2) is 60.6 Å². The number of carboxylic acid groups (broad SMARTS) is 1. The molecule has 0 aromatic heterocycles. The molecule has 2 unspecified atom stereocenters. The first kappa shape index (κ1) is 24.4. The van der Waals surface area contributed by atoms with Crippen molar-refractivity contribution in [1.82, 2.24) is 0 Å². The fraction of sp³-hybridized carbons (Fsp3) is 0.950. The molecule has 0 aliphatic carbocycles. The van der Waals surface area contributed by atoms with E-state index in [9.17, 15) is 15.0 Å². The van der Waals surface area contributed by atoms with Gasteiger partial charge in [-0.25, -0.2) is 0 Å². The van der Waals surface area contributed by atoms with Crippen molar-refractivity contribution in [3.05, 3.63) is 0 Å². The van der Waals surface area contributed by atoms with Gasteiger partial charge in [-0.2, -0.15) is 0 Å². The van der Waals surface area contributed by atoms with E-state index in [1.54, 1.807) is 0 Å². The molecular weight excluding hydrogens is 318 g/mol. The van der Waals surface area contributed by atoms with Crippen molar-refractivity contribution in [2.24, 2.45) is 5.92 Å². The highest BCUT2D eigenvalue weighted by atomic mass is 16.4. The van der Waals surface area contributed by atoms with Crippen LogP contribution in [0, 0.1) is 5.92 Å². The standard InChI is InChI=1S/C20H41NO4/c1-4-5-6-7-8-9-11-18(16-19(23)17-22)12-10-14-21(2,3)15-13-20(24)25/h18-19,22-23H,4-17H2,1-3H3. The van der Waals surface area contributed by atoms with Crippen molar-refractivity contribution >= 4 is 5.97 Å². The molecule has 0 aromatic rings. The highest BCUT2D eigenvalue weighted by Crippen LogP contribution is 2.22. The Labute approximate surface area is 154 Å². The average Bonchev–Trinajstić information content (AvgIpc) is 2.55. The smallest absolute Gasteiger partial charge is 0.0835 e. The Morgan fingerprint density at radius 2 is 1.60 bits per heavy atom. The molecule has 5 heteroatoms. The molecule has 0 radical (unpaired) electrons. The average molecular weight is 360 g/mol. The highest BCUT2D eigenvalue weighted by Gasteiger charge is 2.18. The molecule has 0 amide bonds. The van der Waals surface area contributed by atoms with Crippen LogP contribution in [0.2, 0.25) is 0 Å². The number of unbranched alkanes of at least 4 members (excludes halogenated alkanes) is 5. The molecule has 150 valence electrons. The van der Waals surface area contributed by atoms with Crippen LogP contribution in [0.5, 0.6) is 0 Å². The quantitative estimate of drug-likeness (QED) is 0.308. The minimum atomic E-state index is -0.988. The number of aliphatic carboxylic acids is 1. The molecule has 5 nitrogen and oxygen atoms in total. The molecule has 0 fully saturated rings. The van der Waals surface area contributed by atoms with E-state index >= 15 is 0 Å². The third-order valence-corrected chi connectivity index (χ3v) is 5.08. The third-order valence-electron chi connectivity index (χ3n) is 5.08. The van der Waals surface area contributed by atoms with Crippen LogP contribution >= 0.6 is 0 Å². The van der Waals surface area contributed by atoms with E-state index in [0.29, 0.717) is 23.4 Å². The number of carboxylic acids is 1. The first-order valence-electron chi connectivity index (χ1n) is 10.1. The SMILES string of the molecule is CCCCCCCCC(CCC[N+](C)(C)CCC(=O)[O-])CC(O)CO. The van der Waals surface area contributed by atoms with Crippen LogP contribution in [0.4, 0.5) is 0 Å². The van der Waals surface area contributed by atoms with Gasteiger partial charge in [0.1, 0.15) is 0 Å². The summed E-state index contributed by atoms with van der Waals surface area (Å²) in [5.74, 6) is -0.548. The first-order valence-corrected chi connectivity index (χ1v) is 10.1. The molecule has 0 saturated heterocycles. The van der Waals surface area contributed by atoms with Crippen LogP contribution in [0.25, 0.3) is 0 Å². The molecule has 0 heterocycles. The zero-order valence-corrected chi connectivity index (χ0v) is 16.7. The van der Waals surface area contributed by atoms with Gasteiger partial charge in [0.25, 0.3) is 0 Å². The second-order valence-corrected chi connectivity index (χ2v) is 8.14. The van der Waals surface area contributed by atoms with Gasteiger partial charge in [0.2, 0.25) is 0 Å². The number of nitrogens with zero attached hydrogens (tertiary/aromatic N) is 1. The van der Waals surface area contributed by atoms with E-state index < -0.39 is 12.1 Å². The van der Waals surface area contributed by atoms with Crippen LogP contribution < -0.4 is 5.11 Å². The topological polar surface area (TPSA) is 80.6 Å². The van der Waals surface area contributed by atoms with Gasteiger partial charge in [0.15, 0.2) is 0 Å². The number of aliphatic hydroxyl groups excluding tert-OH is 2. The summed E-state index contributed by atoms with van der Waals surface area (Å²) in [4.78, 5) is 10.6. The summed E-state index contributed by atoms with van der Waals surface area (Å²) in [5, 5.41) is 29.5. The maximum Gasteiger partial charge on any atom is 0.0835 e. The molecule has 25 heavy (non-hydrogen) atoms. The summed E-state index contributed by atoms with van der Waals surface area (Å²) in [7, 11) is 4.10. The summed E-state index contributed by atoms with van der Waals surface area (Å²) in [6.07, 6.45) is 10.9. The number of aliphatic hydroxyl groups is 2. The Kier molecular flexibility index (Phi) is 14.1. The summed E-state index contributed by atoms with van der Waals surface area (Å²) in [5.41, 5.74) is 0. The number of carbonyl (C=O) groups excluding carboxylic acids is 1. The van der Waals surface area contributed by atoms with Crippen LogP contribution in [0.1, 0.15) is 77.6 Å². The molecule has 0 aromatic carbocycles. The van der Waals surface area contributed by atoms with Crippen molar-refractivity contribution in [2.75, 3.05) is 33.8 Å². The first-order chi connectivity index (χ1) is 11.8. The van der Waals surface area contributed by atoms with Gasteiger partial charge in [-0.15, -0.1) is 0 Å². The molecule has 0 saturated carbocycles. The maximum atomic E-state index is 10.6. The van der Waals surface area contributed by atoms with Crippen molar-refractivity contribution in [2.45, 2.75) is 83.7 Å². The molecule has 0 aliphatic heterocycles. The predicted molar refractivity (Wildman–Crippen MR) is 99.9 cm³/mol. The highest BCUT2D eigenvalue weighted by molar-refractivity contribution is 5.64. The van der Waals surface area contributed by atoms with Gasteiger partial charge in [-0.05, 0) is 25.2 Å². The van der Waals surface area contributed by atoms with E-state index in [2.05, 4.69) is 6.92 Å². The van der Waals surface area contributed by atoms with Crippen LogP contribution in [0.15, 0.2) is 0 Å². The predicted octanol–water partition coefficient (Wildman–Crippen LogP) is 2.09. The van der Waals surface area contributed by atoms with Gasteiger partial charge >= 0.3 is 0 Å². The minimum absolute atomic E-state index is 0.0947. The third kappa shape index (κ3) is 15.3. The van der Waals surface area contributed by atoms with Crippen LogP contribution in [-0.2, 0) is 4.79 Å². The lowest BCUT2D eigenvalue weighted by Gasteiger charge is -2.31. The van der Waals surface area contributed by atoms with Gasteiger partial charge < -0.3 is 24.6 Å². The Morgan fingerprint density at radius 1 is 1.00 bits per heavy atom. The fourth-order valence-electron chi connectivity index (χ4n) is 3.37. The van der Waals surface area contributed by atoms with Gasteiger partial charge in [0, 0.05) is 12.4 Å². The lowest BCUT2D eigenvalue weighted by Crippen LogP contribution is -2.43. The van der Waals surface area contributed by atoms with E-state index in [0.717, 1.165) is 25.8 Å². The Balaban J connectivity index is 4.14. The maximum absolute atomic E-state index is 10.6. The van der Waals surface area contributed by atoms with Crippen molar-refractivity contribution < 1.29 is 24.6 Å². The Bertz CT molecular complexity index is 334. The number of hydrogen-bond acceptors (Lipinski definition) is 4. The Hall–Kier alpha value is -0.650. The van der Waals surface area contributed by atoms with Gasteiger partial charge in [-0.1, -0.05) is 51.9 Å². The lowest BCUT2D eigenvalue weighted by molar-refractivity contribution is -0.890. The monoisotopic (exact) mass is 359 g/mol. The van der Waals surface area contributed by atoms with Gasteiger partial charge in [0.05, 0.1) is 39.9 Å². The molecule has 0 aliphatic rings. The molecule has 2 atom stereocenters. The molecule has 0 spiro atoms. The lowest BCUT2D eigenvalue weighted by atomic mass is 9.90. The van der Waals surface area contributed by atoms with E-state index in [1.165, 1.54) is 38.5 Å². The minimum Gasteiger partial charge on any atom is -0.550 e. The summed E-state index contributed by atoms with van der Waals surface area (Å²) >= 11 is 0. The molecule has 0 rings (SSSR count). The normalized spacial score (nSPS) is 14.4. The van der Waals surface area contributed by atoms with Gasteiger partial charge in [-0.3, -0.25) is 0 Å². The van der Waals surface area contributed by atoms with Crippen molar-refractivity contribution in [3.8, 4) is 0 Å². The number of rotatable bonds is 17. The zero-order valence-electron chi connectivity index (χ0n) is 16.7. The van der Waals surface area contributed by atoms with Crippen molar-refractivity contribution in [3.63, 3.8) is 0 Å². The van der Waals surface area contributed by atoms with Crippen molar-refractivity contribution in [1.29, 1.82) is 0 Å². The summed E-state index contributed by atoms with van der Waals surface area (Å²) < 4.78 is 0.681. The van der Waals surface area contributed by atoms with Crippen LogP contribution in [0.3, 0.4) is 0 Å². The largest absolute Gasteiger partial charge is 0.550 e. The van der Waals surface area contributed by atoms with E-state index in [1.807, 2.05) is 14.1 Å². The second kappa shape index (κ2) is 14.5. The number of quaternary nitrogens is 1. The number of carbonyl (C=O) groups is 1. The second-order valence-electron chi connectivity index (χ2n) is 8.14. The zero-order chi connectivity index (χ0) is 19.1. The Morgan fingerprint density at radius 3 is 2.20 bits per heavy atom. The molecule has 2 N–H and O–H groups in total. The molecular formula is C20H41NO4. The summed E-state index contributed by atoms with van der Waals surface area (Å²) in [6.45, 7) is 3.57. The number of hydrogen-bond donors (Lipinski definition) is 2. The van der Waals surface area contributed by atoms with E-state index in [-0.39, 0.29) is 13.0 Å². The van der Waals surface area contributed by atoms with E-state index in [4.69, 9.17) is 5.11 Å².